The number of aromatic nitrogens is 1. The van der Waals surface area contributed by atoms with Gasteiger partial charge in [-0.15, -0.1) is 0 Å². The molecule has 5 nitrogen and oxygen atoms in total. The van der Waals surface area contributed by atoms with E-state index in [1.54, 1.807) is 28.8 Å². The molecule has 0 saturated heterocycles. The summed E-state index contributed by atoms with van der Waals surface area (Å²) >= 11 is 0. The van der Waals surface area contributed by atoms with E-state index in [0.29, 0.717) is 23.3 Å². The lowest BCUT2D eigenvalue weighted by molar-refractivity contribution is -0.137. The molecule has 9 heteroatoms. The Morgan fingerprint density at radius 1 is 0.853 bits per heavy atom. The molecule has 0 aliphatic heterocycles. The lowest BCUT2D eigenvalue weighted by Crippen LogP contribution is -2.16. The summed E-state index contributed by atoms with van der Waals surface area (Å²) in [6, 6.07) is 16.2. The van der Waals surface area contributed by atoms with Crippen molar-refractivity contribution in [2.45, 2.75) is 19.6 Å². The fourth-order valence-electron chi connectivity index (χ4n) is 3.65. The predicted octanol–water partition coefficient (Wildman–Crippen LogP) is 6.32. The van der Waals surface area contributed by atoms with E-state index in [1.807, 2.05) is 6.92 Å². The molecule has 0 unspecified atom stereocenters. The molecule has 4 rings (SSSR count). The van der Waals surface area contributed by atoms with Gasteiger partial charge in [0.05, 0.1) is 5.56 Å². The van der Waals surface area contributed by atoms with E-state index in [4.69, 9.17) is 0 Å². The van der Waals surface area contributed by atoms with Gasteiger partial charge in [-0.05, 0) is 73.7 Å². The average Bonchev–Trinajstić information content (AvgIpc) is 3.17. The zero-order valence-corrected chi connectivity index (χ0v) is 17.9. The van der Waals surface area contributed by atoms with E-state index in [-0.39, 0.29) is 11.3 Å². The molecule has 0 spiro atoms. The fourth-order valence-corrected chi connectivity index (χ4v) is 3.65. The van der Waals surface area contributed by atoms with Crippen LogP contribution in [0, 0.1) is 5.82 Å². The Balaban J connectivity index is 1.57. The normalized spacial score (nSPS) is 11.4. The summed E-state index contributed by atoms with van der Waals surface area (Å²) in [6.07, 6.45) is -4.46. The molecule has 1 aromatic heterocycles. The number of fused-ring (bicyclic) bond motifs is 1. The maximum Gasteiger partial charge on any atom is 0.416 e. The number of rotatable bonds is 5. The minimum absolute atomic E-state index is 0.169. The Bertz CT molecular complexity index is 1380. The molecule has 0 bridgehead atoms. The van der Waals surface area contributed by atoms with Gasteiger partial charge in [0.25, 0.3) is 11.8 Å². The highest BCUT2D eigenvalue weighted by molar-refractivity contribution is 6.08. The average molecular weight is 469 g/mol. The van der Waals surface area contributed by atoms with Crippen LogP contribution in [0.1, 0.15) is 33.3 Å². The van der Waals surface area contributed by atoms with Gasteiger partial charge in [0.2, 0.25) is 0 Å². The van der Waals surface area contributed by atoms with Crippen molar-refractivity contribution in [2.75, 3.05) is 10.6 Å². The SMILES string of the molecule is CCn1c(C(=O)Nc2ccc(C(F)(F)F)cc2)cc2cc(NC(=O)c3cccc(F)c3)ccc21. The third-order valence-corrected chi connectivity index (χ3v) is 5.26. The molecule has 0 radical (unpaired) electrons. The second-order valence-electron chi connectivity index (χ2n) is 7.54. The summed E-state index contributed by atoms with van der Waals surface area (Å²) in [5.74, 6) is -1.48. The number of halogens is 4. The number of aryl methyl sites for hydroxylation is 1. The molecule has 1 heterocycles. The Kier molecular flexibility index (Phi) is 6.10. The highest BCUT2D eigenvalue weighted by atomic mass is 19.4. The molecule has 2 amide bonds. The lowest BCUT2D eigenvalue weighted by atomic mass is 10.2. The van der Waals surface area contributed by atoms with E-state index < -0.39 is 29.4 Å². The molecule has 2 N–H and O–H groups in total. The Morgan fingerprint density at radius 3 is 2.18 bits per heavy atom. The molecule has 0 atom stereocenters. The first-order valence-corrected chi connectivity index (χ1v) is 10.3. The lowest BCUT2D eigenvalue weighted by Gasteiger charge is -2.11. The molecule has 0 fully saturated rings. The van der Waals surface area contributed by atoms with E-state index >= 15 is 0 Å². The summed E-state index contributed by atoms with van der Waals surface area (Å²) in [5, 5.41) is 5.99. The van der Waals surface area contributed by atoms with Crippen LogP contribution < -0.4 is 10.6 Å². The van der Waals surface area contributed by atoms with Gasteiger partial charge in [0.15, 0.2) is 0 Å². The topological polar surface area (TPSA) is 63.1 Å². The van der Waals surface area contributed by atoms with Crippen LogP contribution in [0.5, 0.6) is 0 Å². The quantitative estimate of drug-likeness (QED) is 0.336. The zero-order valence-electron chi connectivity index (χ0n) is 17.9. The van der Waals surface area contributed by atoms with Gasteiger partial charge in [-0.3, -0.25) is 9.59 Å². The number of carbonyl (C=O) groups is 2. The molecule has 34 heavy (non-hydrogen) atoms. The first kappa shape index (κ1) is 23.0. The summed E-state index contributed by atoms with van der Waals surface area (Å²) in [6.45, 7) is 2.32. The number of amides is 2. The summed E-state index contributed by atoms with van der Waals surface area (Å²) in [5.41, 5.74) is 1.11. The number of anilines is 2. The summed E-state index contributed by atoms with van der Waals surface area (Å²) in [7, 11) is 0. The molecule has 0 saturated carbocycles. The van der Waals surface area contributed by atoms with Crippen molar-refractivity contribution in [3.8, 4) is 0 Å². The third-order valence-electron chi connectivity index (χ3n) is 5.26. The van der Waals surface area contributed by atoms with Gasteiger partial charge in [0.1, 0.15) is 11.5 Å². The maximum absolute atomic E-state index is 13.4. The third kappa shape index (κ3) is 4.78. The van der Waals surface area contributed by atoms with E-state index in [1.165, 1.54) is 30.3 Å². The molecule has 0 aliphatic carbocycles. The van der Waals surface area contributed by atoms with Gasteiger partial charge in [-0.2, -0.15) is 13.2 Å². The second kappa shape index (κ2) is 9.01. The highest BCUT2D eigenvalue weighted by Gasteiger charge is 2.30. The first-order valence-electron chi connectivity index (χ1n) is 10.3. The number of carbonyl (C=O) groups excluding carboxylic acids is 2. The number of hydrogen-bond acceptors (Lipinski definition) is 2. The molecular weight excluding hydrogens is 450 g/mol. The minimum Gasteiger partial charge on any atom is -0.337 e. The van der Waals surface area contributed by atoms with Crippen molar-refractivity contribution in [3.63, 3.8) is 0 Å². The number of nitrogens with zero attached hydrogens (tertiary/aromatic N) is 1. The minimum atomic E-state index is -4.46. The first-order chi connectivity index (χ1) is 16.2. The van der Waals surface area contributed by atoms with Crippen LogP contribution >= 0.6 is 0 Å². The van der Waals surface area contributed by atoms with Crippen molar-refractivity contribution in [2.24, 2.45) is 0 Å². The molecule has 0 aliphatic rings. The molecular formula is C25H19F4N3O2. The van der Waals surface area contributed by atoms with Crippen molar-refractivity contribution >= 4 is 34.1 Å². The molecule has 174 valence electrons. The number of nitrogens with one attached hydrogen (secondary N) is 2. The largest absolute Gasteiger partial charge is 0.416 e. The van der Waals surface area contributed by atoms with Gasteiger partial charge >= 0.3 is 6.18 Å². The maximum atomic E-state index is 13.4. The van der Waals surface area contributed by atoms with Crippen molar-refractivity contribution < 1.29 is 27.2 Å². The van der Waals surface area contributed by atoms with Crippen molar-refractivity contribution in [1.82, 2.24) is 4.57 Å². The van der Waals surface area contributed by atoms with Crippen LogP contribution in [0.4, 0.5) is 28.9 Å². The van der Waals surface area contributed by atoms with Crippen LogP contribution in [-0.2, 0) is 12.7 Å². The fraction of sp³-hybridized carbons (Fsp3) is 0.120. The summed E-state index contributed by atoms with van der Waals surface area (Å²) < 4.78 is 53.4. The van der Waals surface area contributed by atoms with Crippen molar-refractivity contribution in [1.29, 1.82) is 0 Å². The second-order valence-corrected chi connectivity index (χ2v) is 7.54. The van der Waals surface area contributed by atoms with Crippen LogP contribution in [0.15, 0.2) is 72.8 Å². The Morgan fingerprint density at radius 2 is 1.53 bits per heavy atom. The monoisotopic (exact) mass is 469 g/mol. The summed E-state index contributed by atoms with van der Waals surface area (Å²) in [4.78, 5) is 25.3. The van der Waals surface area contributed by atoms with Gasteiger partial charge in [-0.25, -0.2) is 4.39 Å². The van der Waals surface area contributed by atoms with Crippen LogP contribution in [0.2, 0.25) is 0 Å². The van der Waals surface area contributed by atoms with Crippen LogP contribution in [-0.4, -0.2) is 16.4 Å². The van der Waals surface area contributed by atoms with Gasteiger partial charge in [-0.1, -0.05) is 6.07 Å². The number of hydrogen-bond donors (Lipinski definition) is 2. The van der Waals surface area contributed by atoms with E-state index in [2.05, 4.69) is 10.6 Å². The molecule has 3 aromatic carbocycles. The van der Waals surface area contributed by atoms with Gasteiger partial charge < -0.3 is 15.2 Å². The van der Waals surface area contributed by atoms with E-state index in [9.17, 15) is 27.2 Å². The standard InChI is InChI=1S/C25H19F4N3O2/c1-2-32-21-11-10-20(31-23(33)15-4-3-5-18(26)12-15)13-16(21)14-22(32)24(34)30-19-8-6-17(7-9-19)25(27,28)29/h3-14H,2H2,1H3,(H,30,34)(H,31,33). The van der Waals surface area contributed by atoms with Gasteiger partial charge in [0, 0.05) is 34.4 Å². The number of alkyl halides is 3. The highest BCUT2D eigenvalue weighted by Crippen LogP contribution is 2.30. The predicted molar refractivity (Wildman–Crippen MR) is 121 cm³/mol. The zero-order chi connectivity index (χ0) is 24.5. The Hall–Kier alpha value is -4.14. The van der Waals surface area contributed by atoms with Crippen molar-refractivity contribution in [3.05, 3.63) is 95.4 Å². The molecule has 4 aromatic rings. The van der Waals surface area contributed by atoms with Crippen LogP contribution in [0.3, 0.4) is 0 Å². The van der Waals surface area contributed by atoms with Crippen LogP contribution in [0.25, 0.3) is 10.9 Å². The number of benzene rings is 3. The smallest absolute Gasteiger partial charge is 0.337 e. The Labute approximate surface area is 192 Å². The van der Waals surface area contributed by atoms with E-state index in [0.717, 1.165) is 23.7 Å².